The van der Waals surface area contributed by atoms with Gasteiger partial charge in [0.05, 0.1) is 33.3 Å². The summed E-state index contributed by atoms with van der Waals surface area (Å²) >= 11 is 0. The van der Waals surface area contributed by atoms with Crippen molar-refractivity contribution in [3.05, 3.63) is 52.6 Å². The molecule has 2 aromatic rings. The van der Waals surface area contributed by atoms with Gasteiger partial charge in [0.25, 0.3) is 5.69 Å². The summed E-state index contributed by atoms with van der Waals surface area (Å²) < 4.78 is 50.5. The van der Waals surface area contributed by atoms with Crippen LogP contribution in [-0.4, -0.2) is 30.8 Å². The second-order valence-corrected chi connectivity index (χ2v) is 5.03. The Morgan fingerprint density at radius 3 is 2.04 bits per heavy atom. The number of nitro benzene ring substituents is 1. The molecule has 0 atom stereocenters. The lowest BCUT2D eigenvalue weighted by molar-refractivity contribution is -0.384. The normalized spacial score (nSPS) is 13.6. The monoisotopic (exact) mass is 381 g/mol. The summed E-state index contributed by atoms with van der Waals surface area (Å²) in [5, 5.41) is 15.6. The van der Waals surface area contributed by atoms with E-state index in [1.165, 1.54) is 38.1 Å². The summed E-state index contributed by atoms with van der Waals surface area (Å²) in [6.45, 7) is 2.60. The molecular weight excluding hydrogens is 354 g/mol. The van der Waals surface area contributed by atoms with Crippen LogP contribution in [0.3, 0.4) is 0 Å². The second kappa shape index (κ2) is 10.4. The number of hydrogen-bond acceptors (Lipinski definition) is 6. The van der Waals surface area contributed by atoms with Gasteiger partial charge in [-0.25, -0.2) is 0 Å². The van der Waals surface area contributed by atoms with Gasteiger partial charge in [-0.3, -0.25) is 19.7 Å². The zero-order valence-electron chi connectivity index (χ0n) is 20.4. The zero-order valence-corrected chi connectivity index (χ0v) is 14.4. The molecular formula is C18H21N3O6. The Bertz CT molecular complexity index is 993. The molecule has 27 heavy (non-hydrogen) atoms. The van der Waals surface area contributed by atoms with Crippen LogP contribution in [0.1, 0.15) is 22.1 Å². The molecule has 2 amide bonds. The first-order chi connectivity index (χ1) is 15.1. The van der Waals surface area contributed by atoms with E-state index in [0.717, 1.165) is 6.07 Å². The molecule has 2 N–H and O–H groups in total. The van der Waals surface area contributed by atoms with E-state index < -0.39 is 30.6 Å². The number of benzene rings is 2. The maximum Gasteiger partial charge on any atom is 0.296 e. The lowest BCUT2D eigenvalue weighted by Gasteiger charge is -2.05. The molecule has 0 bridgehead atoms. The molecule has 0 fully saturated rings. The molecule has 0 unspecified atom stereocenters. The second-order valence-electron chi connectivity index (χ2n) is 5.03. The zero-order chi connectivity index (χ0) is 25.4. The topological polar surface area (TPSA) is 120 Å². The Hall–Kier alpha value is -3.62. The third-order valence-electron chi connectivity index (χ3n) is 2.89. The number of nitrogens with zero attached hydrogens (tertiary/aromatic N) is 1. The highest BCUT2D eigenvalue weighted by molar-refractivity contribution is 5.91. The Morgan fingerprint density at radius 1 is 0.963 bits per heavy atom. The highest BCUT2D eigenvalue weighted by atomic mass is 16.6. The molecule has 2 aromatic carbocycles. The van der Waals surface area contributed by atoms with Crippen LogP contribution in [0.15, 0.2) is 42.5 Å². The summed E-state index contributed by atoms with van der Waals surface area (Å²) in [4.78, 5) is 31.6. The number of ether oxygens (including phenoxy) is 2. The Balaban J connectivity index is 0.000000335. The fourth-order valence-electron chi connectivity index (χ4n) is 1.83. The smallest absolute Gasteiger partial charge is 0.296 e. The predicted octanol–water partition coefficient (Wildman–Crippen LogP) is 3.22. The minimum absolute atomic E-state index is 0.0228. The third kappa shape index (κ3) is 7.43. The van der Waals surface area contributed by atoms with Gasteiger partial charge in [-0.15, -0.1) is 0 Å². The number of hydrogen-bond donors (Lipinski definition) is 2. The Morgan fingerprint density at radius 2 is 1.52 bits per heavy atom. The minimum atomic E-state index is -2.69. The maximum atomic E-state index is 10.8. The molecule has 2 rings (SSSR count). The van der Waals surface area contributed by atoms with E-state index in [9.17, 15) is 19.7 Å². The summed E-state index contributed by atoms with van der Waals surface area (Å²) in [7, 11) is -5.14. The van der Waals surface area contributed by atoms with Gasteiger partial charge in [-0.1, -0.05) is 0 Å². The van der Waals surface area contributed by atoms with Gasteiger partial charge in [0.2, 0.25) is 11.8 Å². The first-order valence-electron chi connectivity index (χ1n) is 10.4. The lowest BCUT2D eigenvalue weighted by atomic mass is 10.2. The molecule has 0 aliphatic carbocycles. The number of anilines is 2. The van der Waals surface area contributed by atoms with Crippen molar-refractivity contribution in [3.63, 3.8) is 0 Å². The van der Waals surface area contributed by atoms with Crippen molar-refractivity contribution < 1.29 is 32.2 Å². The van der Waals surface area contributed by atoms with E-state index >= 15 is 0 Å². The van der Waals surface area contributed by atoms with E-state index in [1.807, 2.05) is 0 Å². The van der Waals surface area contributed by atoms with Crippen LogP contribution in [0.4, 0.5) is 17.1 Å². The molecule has 0 aliphatic rings. The summed E-state index contributed by atoms with van der Waals surface area (Å²) in [5.41, 5.74) is 0.137. The number of amides is 2. The molecule has 0 saturated carbocycles. The van der Waals surface area contributed by atoms with Gasteiger partial charge in [0, 0.05) is 19.5 Å². The van der Waals surface area contributed by atoms with Crippen LogP contribution >= 0.6 is 0 Å². The third-order valence-corrected chi connectivity index (χ3v) is 2.89. The number of methoxy groups -OCH3 is 2. The first-order valence-corrected chi connectivity index (χ1v) is 7.37. The van der Waals surface area contributed by atoms with Gasteiger partial charge in [-0.05, 0) is 36.4 Å². The van der Waals surface area contributed by atoms with Gasteiger partial charge in [-0.2, -0.15) is 0 Å². The fraction of sp³-hybridized carbons (Fsp3) is 0.222. The average molecular weight is 381 g/mol. The van der Waals surface area contributed by atoms with Crippen LogP contribution in [0, 0.1) is 10.1 Å². The fourth-order valence-corrected chi connectivity index (χ4v) is 1.83. The molecule has 144 valence electrons. The highest BCUT2D eigenvalue weighted by Gasteiger charge is 2.15. The number of carbonyl (C=O) groups is 2. The van der Waals surface area contributed by atoms with Crippen molar-refractivity contribution in [3.8, 4) is 11.5 Å². The van der Waals surface area contributed by atoms with Crippen LogP contribution in [0.25, 0.3) is 0 Å². The van der Waals surface area contributed by atoms with Gasteiger partial charge in [0.1, 0.15) is 17.2 Å². The molecule has 9 nitrogen and oxygen atoms in total. The Labute approximate surface area is 164 Å². The minimum Gasteiger partial charge on any atom is -0.497 e. The number of nitrogens with one attached hydrogen (secondary N) is 2. The maximum absolute atomic E-state index is 10.8. The van der Waals surface area contributed by atoms with Crippen molar-refractivity contribution in [1.82, 2.24) is 0 Å². The highest BCUT2D eigenvalue weighted by Crippen LogP contribution is 2.28. The summed E-state index contributed by atoms with van der Waals surface area (Å²) in [6.07, 6.45) is 0. The van der Waals surface area contributed by atoms with Crippen LogP contribution in [0.5, 0.6) is 11.5 Å². The number of carbonyl (C=O) groups excluding carboxylic acids is 2. The SMILES string of the molecule is [2H]C([2H])([2H])Oc1ccc(NC(C)=O)c([N+](=O)[O-])c1.[2H]C([2H])([2H])Oc1ccc(NC(C)=O)cc1. The molecule has 0 spiro atoms. The largest absolute Gasteiger partial charge is 0.497 e. The number of nitro groups is 1. The molecule has 0 aliphatic heterocycles. The standard InChI is InChI=1S/C9H10N2O4.C9H11NO2/c1-6(12)10-8-4-3-7(15-2)5-9(8)11(13)14;1-7(11)10-8-3-5-9(12-2)6-4-8/h3-5H,1-2H3,(H,10,12);3-6H,1-2H3,(H,10,11)/i2*2D3. The quantitative estimate of drug-likeness (QED) is 0.606. The summed E-state index contributed by atoms with van der Waals surface area (Å²) in [5.74, 6) is -0.581. The number of rotatable bonds is 5. The van der Waals surface area contributed by atoms with Crippen molar-refractivity contribution >= 4 is 28.9 Å². The predicted molar refractivity (Wildman–Crippen MR) is 101 cm³/mol. The lowest BCUT2D eigenvalue weighted by Crippen LogP contribution is -2.08. The average Bonchev–Trinajstić information content (AvgIpc) is 2.62. The van der Waals surface area contributed by atoms with Crippen molar-refractivity contribution in [2.45, 2.75) is 13.8 Å². The molecule has 0 saturated heterocycles. The van der Waals surface area contributed by atoms with Crippen LogP contribution < -0.4 is 20.1 Å². The van der Waals surface area contributed by atoms with E-state index in [0.29, 0.717) is 5.69 Å². The van der Waals surface area contributed by atoms with E-state index in [4.69, 9.17) is 8.22 Å². The van der Waals surface area contributed by atoms with Crippen molar-refractivity contribution in [2.24, 2.45) is 0 Å². The van der Waals surface area contributed by atoms with Gasteiger partial charge >= 0.3 is 0 Å². The summed E-state index contributed by atoms with van der Waals surface area (Å²) in [6, 6.07) is 9.49. The Kier molecular flexibility index (Phi) is 5.22. The van der Waals surface area contributed by atoms with Gasteiger partial charge < -0.3 is 20.1 Å². The van der Waals surface area contributed by atoms with Gasteiger partial charge in [0.15, 0.2) is 0 Å². The molecule has 0 radical (unpaired) electrons. The van der Waals surface area contributed by atoms with E-state index in [1.54, 1.807) is 12.1 Å². The molecule has 9 heteroatoms. The van der Waals surface area contributed by atoms with Crippen molar-refractivity contribution in [1.29, 1.82) is 0 Å². The molecule has 0 heterocycles. The van der Waals surface area contributed by atoms with Crippen LogP contribution in [0.2, 0.25) is 0 Å². The van der Waals surface area contributed by atoms with E-state index in [2.05, 4.69) is 20.1 Å². The van der Waals surface area contributed by atoms with E-state index in [-0.39, 0.29) is 23.1 Å². The van der Waals surface area contributed by atoms with Crippen molar-refractivity contribution in [2.75, 3.05) is 24.7 Å². The first kappa shape index (κ1) is 13.6. The van der Waals surface area contributed by atoms with Crippen LogP contribution in [-0.2, 0) is 9.59 Å². The molecule has 0 aromatic heterocycles.